The number of nitrogens with one attached hydrogen (secondary N) is 1. The number of pyridine rings is 2. The monoisotopic (exact) mass is 315 g/mol. The van der Waals surface area contributed by atoms with Crippen LogP contribution in [0.2, 0.25) is 0 Å². The molecule has 0 spiro atoms. The molecule has 3 heterocycles. The zero-order chi connectivity index (χ0) is 16.2. The summed E-state index contributed by atoms with van der Waals surface area (Å²) in [5.41, 5.74) is 2.83. The Morgan fingerprint density at radius 3 is 2.58 bits per heavy atom. The standard InChI is InChI=1S/C19H14N4O/c1-2-10-21-18(6-1)19-9-13-23(22-19)15-4-3-5-17(14-15)24-16-7-11-20-12-8-16/h1-14H/p+1. The summed E-state index contributed by atoms with van der Waals surface area (Å²) in [4.78, 5) is 8.34. The minimum absolute atomic E-state index is 0.757. The molecular formula is C19H15N4O+. The van der Waals surface area contributed by atoms with E-state index in [-0.39, 0.29) is 0 Å². The highest BCUT2D eigenvalue weighted by atomic mass is 16.5. The number of H-pyrrole nitrogens is 1. The Morgan fingerprint density at radius 1 is 0.833 bits per heavy atom. The summed E-state index contributed by atoms with van der Waals surface area (Å²) in [7, 11) is 0. The summed E-state index contributed by atoms with van der Waals surface area (Å²) in [6.07, 6.45) is 7.16. The largest absolute Gasteiger partial charge is 0.457 e. The van der Waals surface area contributed by atoms with E-state index in [4.69, 9.17) is 4.74 Å². The van der Waals surface area contributed by atoms with Crippen LogP contribution in [0.3, 0.4) is 0 Å². The molecule has 0 aliphatic rings. The lowest BCUT2D eigenvalue weighted by atomic mass is 10.3. The molecule has 1 N–H and O–H groups in total. The molecule has 0 aliphatic carbocycles. The molecule has 4 rings (SSSR count). The lowest BCUT2D eigenvalue weighted by Crippen LogP contribution is -2.31. The van der Waals surface area contributed by atoms with E-state index in [1.807, 2.05) is 71.5 Å². The van der Waals surface area contributed by atoms with Gasteiger partial charge in [0, 0.05) is 30.7 Å². The molecule has 0 aliphatic heterocycles. The third-order valence-electron chi connectivity index (χ3n) is 3.55. The van der Waals surface area contributed by atoms with E-state index in [0.29, 0.717) is 0 Å². The molecule has 4 aromatic rings. The Balaban J connectivity index is 1.61. The molecule has 0 saturated carbocycles. The summed E-state index contributed by atoms with van der Waals surface area (Å²) in [6, 6.07) is 19.4. The first-order valence-electron chi connectivity index (χ1n) is 7.59. The Labute approximate surface area is 139 Å². The number of benzene rings is 1. The van der Waals surface area contributed by atoms with E-state index in [2.05, 4.69) is 15.1 Å². The number of aromatic nitrogens is 4. The van der Waals surface area contributed by atoms with E-state index >= 15 is 0 Å². The molecule has 24 heavy (non-hydrogen) atoms. The summed E-state index contributed by atoms with van der Waals surface area (Å²) >= 11 is 0. The summed E-state index contributed by atoms with van der Waals surface area (Å²) < 4.78 is 7.79. The SMILES string of the molecule is c1ccc(-c2cc[n+](-c3cccc(Oc4ccncc4)c3)[nH]2)nc1. The summed E-state index contributed by atoms with van der Waals surface area (Å²) in [5, 5.41) is 3.33. The van der Waals surface area contributed by atoms with Gasteiger partial charge >= 0.3 is 0 Å². The maximum absolute atomic E-state index is 5.85. The molecule has 0 unspecified atom stereocenters. The van der Waals surface area contributed by atoms with Crippen LogP contribution >= 0.6 is 0 Å². The van der Waals surface area contributed by atoms with Crippen molar-refractivity contribution in [2.24, 2.45) is 0 Å². The third kappa shape index (κ3) is 3.01. The van der Waals surface area contributed by atoms with Gasteiger partial charge < -0.3 is 4.74 Å². The van der Waals surface area contributed by atoms with Crippen LogP contribution in [0, 0.1) is 0 Å². The Morgan fingerprint density at radius 2 is 1.75 bits per heavy atom. The van der Waals surface area contributed by atoms with Crippen LogP contribution in [0.4, 0.5) is 0 Å². The van der Waals surface area contributed by atoms with Gasteiger partial charge in [-0.05, 0) is 30.3 Å². The van der Waals surface area contributed by atoms with Crippen molar-refractivity contribution < 1.29 is 9.42 Å². The van der Waals surface area contributed by atoms with Crippen molar-refractivity contribution in [1.82, 2.24) is 15.1 Å². The number of nitrogens with zero attached hydrogens (tertiary/aromatic N) is 3. The third-order valence-corrected chi connectivity index (χ3v) is 3.55. The van der Waals surface area contributed by atoms with Gasteiger partial charge in [0.25, 0.3) is 0 Å². The second kappa shape index (κ2) is 6.34. The van der Waals surface area contributed by atoms with E-state index in [0.717, 1.165) is 28.6 Å². The van der Waals surface area contributed by atoms with Crippen molar-refractivity contribution in [3.8, 4) is 28.6 Å². The molecule has 5 heteroatoms. The van der Waals surface area contributed by atoms with Crippen molar-refractivity contribution in [2.45, 2.75) is 0 Å². The van der Waals surface area contributed by atoms with Crippen LogP contribution < -0.4 is 9.42 Å². The minimum Gasteiger partial charge on any atom is -0.457 e. The van der Waals surface area contributed by atoms with Crippen LogP contribution in [0.25, 0.3) is 17.1 Å². The van der Waals surface area contributed by atoms with E-state index in [1.54, 1.807) is 18.6 Å². The molecule has 0 amide bonds. The smallest absolute Gasteiger partial charge is 0.239 e. The van der Waals surface area contributed by atoms with Crippen molar-refractivity contribution in [3.63, 3.8) is 0 Å². The number of hydrogen-bond donors (Lipinski definition) is 1. The topological polar surface area (TPSA) is 54.7 Å². The normalized spacial score (nSPS) is 10.5. The second-order valence-electron chi connectivity index (χ2n) is 5.21. The highest BCUT2D eigenvalue weighted by Crippen LogP contribution is 2.21. The van der Waals surface area contributed by atoms with E-state index in [1.165, 1.54) is 0 Å². The summed E-state index contributed by atoms with van der Waals surface area (Å²) in [5.74, 6) is 1.52. The van der Waals surface area contributed by atoms with Gasteiger partial charge in [-0.1, -0.05) is 16.8 Å². The molecule has 0 radical (unpaired) electrons. The molecule has 3 aromatic heterocycles. The van der Waals surface area contributed by atoms with Gasteiger partial charge in [0.1, 0.15) is 17.2 Å². The molecule has 0 atom stereocenters. The molecule has 0 fully saturated rings. The maximum Gasteiger partial charge on any atom is 0.239 e. The lowest BCUT2D eigenvalue weighted by molar-refractivity contribution is -0.654. The van der Waals surface area contributed by atoms with Crippen LogP contribution in [-0.2, 0) is 0 Å². The molecule has 5 nitrogen and oxygen atoms in total. The van der Waals surface area contributed by atoms with Crippen molar-refractivity contribution >= 4 is 0 Å². The first-order chi connectivity index (χ1) is 11.9. The average Bonchev–Trinajstić information content (AvgIpc) is 3.14. The van der Waals surface area contributed by atoms with Crippen LogP contribution in [0.15, 0.2) is 85.5 Å². The second-order valence-corrected chi connectivity index (χ2v) is 5.21. The van der Waals surface area contributed by atoms with Gasteiger partial charge in [-0.2, -0.15) is 5.10 Å². The Hall–Kier alpha value is -3.47. The fourth-order valence-electron chi connectivity index (χ4n) is 2.41. The predicted octanol–water partition coefficient (Wildman–Crippen LogP) is 3.54. The molecular weight excluding hydrogens is 300 g/mol. The minimum atomic E-state index is 0.757. The number of hydrogen-bond acceptors (Lipinski definition) is 3. The molecule has 0 saturated heterocycles. The van der Waals surface area contributed by atoms with Gasteiger partial charge in [-0.15, -0.1) is 0 Å². The highest BCUT2D eigenvalue weighted by molar-refractivity contribution is 5.51. The predicted molar refractivity (Wildman–Crippen MR) is 89.9 cm³/mol. The number of rotatable bonds is 4. The van der Waals surface area contributed by atoms with Gasteiger partial charge in [0.15, 0.2) is 0 Å². The van der Waals surface area contributed by atoms with Crippen molar-refractivity contribution in [2.75, 3.05) is 0 Å². The Bertz CT molecular complexity index is 936. The number of ether oxygens (including phenoxy) is 1. The zero-order valence-corrected chi connectivity index (χ0v) is 12.8. The Kier molecular flexibility index (Phi) is 3.73. The van der Waals surface area contributed by atoms with E-state index < -0.39 is 0 Å². The van der Waals surface area contributed by atoms with Gasteiger partial charge in [-0.3, -0.25) is 9.97 Å². The van der Waals surface area contributed by atoms with Crippen molar-refractivity contribution in [1.29, 1.82) is 0 Å². The fourth-order valence-corrected chi connectivity index (χ4v) is 2.41. The van der Waals surface area contributed by atoms with Crippen LogP contribution in [0.1, 0.15) is 0 Å². The van der Waals surface area contributed by atoms with Crippen LogP contribution in [-0.4, -0.2) is 15.1 Å². The zero-order valence-electron chi connectivity index (χ0n) is 12.8. The van der Waals surface area contributed by atoms with Gasteiger partial charge in [0.05, 0.1) is 11.8 Å². The fraction of sp³-hybridized carbons (Fsp3) is 0. The first-order valence-corrected chi connectivity index (χ1v) is 7.59. The van der Waals surface area contributed by atoms with Gasteiger partial charge in [0.2, 0.25) is 11.9 Å². The number of aromatic amines is 1. The summed E-state index contributed by atoms with van der Waals surface area (Å²) in [6.45, 7) is 0. The molecule has 0 bridgehead atoms. The van der Waals surface area contributed by atoms with Crippen LogP contribution in [0.5, 0.6) is 11.5 Å². The first kappa shape index (κ1) is 14.1. The average molecular weight is 315 g/mol. The molecule has 1 aromatic carbocycles. The van der Waals surface area contributed by atoms with E-state index in [9.17, 15) is 0 Å². The quantitative estimate of drug-likeness (QED) is 0.586. The van der Waals surface area contributed by atoms with Gasteiger partial charge in [-0.25, -0.2) is 0 Å². The lowest BCUT2D eigenvalue weighted by Gasteiger charge is -2.04. The molecule has 116 valence electrons. The highest BCUT2D eigenvalue weighted by Gasteiger charge is 2.12. The van der Waals surface area contributed by atoms with Crippen molar-refractivity contribution in [3.05, 3.63) is 85.5 Å². The maximum atomic E-state index is 5.85.